The molecule has 19 heavy (non-hydrogen) atoms. The first-order valence-electron chi connectivity index (χ1n) is 7.05. The number of esters is 1. The fourth-order valence-corrected chi connectivity index (χ4v) is 2.72. The number of carbonyl (C=O) groups is 2. The largest absolute Gasteiger partial charge is 0.469 e. The first kappa shape index (κ1) is 15.7. The van der Waals surface area contributed by atoms with Crippen LogP contribution in [0.25, 0.3) is 0 Å². The number of unbranched alkanes of at least 4 members (excludes halogenated alkanes) is 2. The number of ether oxygens (including phenoxy) is 1. The van der Waals surface area contributed by atoms with Gasteiger partial charge in [0.1, 0.15) is 0 Å². The zero-order chi connectivity index (χ0) is 14.3. The van der Waals surface area contributed by atoms with Gasteiger partial charge < -0.3 is 9.64 Å². The Morgan fingerprint density at radius 3 is 2.63 bits per heavy atom. The molecule has 2 atom stereocenters. The fraction of sp³-hybridized carbons (Fsp3) is 0.733. The highest BCUT2D eigenvalue weighted by Gasteiger charge is 2.39. The first-order valence-corrected chi connectivity index (χ1v) is 7.05. The van der Waals surface area contributed by atoms with Gasteiger partial charge in [-0.1, -0.05) is 12.5 Å². The van der Waals surface area contributed by atoms with Crippen LogP contribution in [0.1, 0.15) is 38.5 Å². The van der Waals surface area contributed by atoms with Crippen LogP contribution in [0.5, 0.6) is 0 Å². The van der Waals surface area contributed by atoms with E-state index in [-0.39, 0.29) is 23.7 Å². The van der Waals surface area contributed by atoms with E-state index in [1.165, 1.54) is 7.11 Å². The molecule has 1 fully saturated rings. The molecule has 0 aromatic heterocycles. The topological polar surface area (TPSA) is 46.6 Å². The molecular weight excluding hydrogens is 242 g/mol. The minimum Gasteiger partial charge on any atom is -0.469 e. The van der Waals surface area contributed by atoms with Crippen molar-refractivity contribution < 1.29 is 14.3 Å². The van der Waals surface area contributed by atoms with Crippen LogP contribution in [0.3, 0.4) is 0 Å². The molecule has 1 aliphatic rings. The number of rotatable bonds is 7. The Balaban J connectivity index is 2.46. The van der Waals surface area contributed by atoms with Crippen molar-refractivity contribution in [3.8, 4) is 0 Å². The lowest BCUT2D eigenvalue weighted by Crippen LogP contribution is -2.37. The number of carbonyl (C=O) groups excluding carboxylic acids is 2. The van der Waals surface area contributed by atoms with Crippen LogP contribution < -0.4 is 0 Å². The molecule has 4 nitrogen and oxygen atoms in total. The van der Waals surface area contributed by atoms with E-state index in [0.717, 1.165) is 45.1 Å². The molecule has 4 heteroatoms. The number of amides is 1. The molecule has 0 saturated heterocycles. The van der Waals surface area contributed by atoms with Gasteiger partial charge in [0.2, 0.25) is 5.91 Å². The van der Waals surface area contributed by atoms with Gasteiger partial charge in [-0.2, -0.15) is 0 Å². The van der Waals surface area contributed by atoms with Crippen LogP contribution in [-0.2, 0) is 14.3 Å². The molecule has 0 aromatic rings. The third kappa shape index (κ3) is 4.37. The molecular formula is C15H25NO3. The molecule has 0 bridgehead atoms. The van der Waals surface area contributed by atoms with Gasteiger partial charge in [-0.15, -0.1) is 6.58 Å². The van der Waals surface area contributed by atoms with Crippen LogP contribution in [0.15, 0.2) is 12.7 Å². The summed E-state index contributed by atoms with van der Waals surface area (Å²) in [5, 5.41) is 0. The van der Waals surface area contributed by atoms with Gasteiger partial charge in [0.15, 0.2) is 0 Å². The van der Waals surface area contributed by atoms with Gasteiger partial charge in [-0.05, 0) is 32.1 Å². The van der Waals surface area contributed by atoms with Crippen molar-refractivity contribution in [2.75, 3.05) is 20.7 Å². The van der Waals surface area contributed by atoms with Crippen molar-refractivity contribution in [2.24, 2.45) is 11.8 Å². The number of methoxy groups -OCH3 is 1. The Labute approximate surface area is 115 Å². The maximum absolute atomic E-state index is 12.3. The molecule has 1 amide bonds. The van der Waals surface area contributed by atoms with Crippen LogP contribution in [0.2, 0.25) is 0 Å². The van der Waals surface area contributed by atoms with Gasteiger partial charge in [0.25, 0.3) is 0 Å². The summed E-state index contributed by atoms with van der Waals surface area (Å²) in [7, 11) is 3.21. The Hall–Kier alpha value is -1.32. The minimum absolute atomic E-state index is 0.0894. The summed E-state index contributed by atoms with van der Waals surface area (Å²) < 4.78 is 4.79. The molecule has 0 radical (unpaired) electrons. The van der Waals surface area contributed by atoms with E-state index < -0.39 is 0 Å². The SMILES string of the molecule is C=CCCCCN(C)C(=O)C1CCCC1C(=O)OC. The highest BCUT2D eigenvalue weighted by atomic mass is 16.5. The first-order chi connectivity index (χ1) is 9.11. The normalized spacial score (nSPS) is 22.0. The smallest absolute Gasteiger partial charge is 0.309 e. The summed E-state index contributed by atoms with van der Waals surface area (Å²) in [6, 6.07) is 0. The highest BCUT2D eigenvalue weighted by molar-refractivity contribution is 5.85. The van der Waals surface area contributed by atoms with E-state index in [1.807, 2.05) is 13.1 Å². The molecule has 2 unspecified atom stereocenters. The average molecular weight is 267 g/mol. The number of nitrogens with zero attached hydrogens (tertiary/aromatic N) is 1. The van der Waals surface area contributed by atoms with E-state index in [4.69, 9.17) is 4.74 Å². The highest BCUT2D eigenvalue weighted by Crippen LogP contribution is 2.33. The van der Waals surface area contributed by atoms with Gasteiger partial charge >= 0.3 is 5.97 Å². The van der Waals surface area contributed by atoms with Gasteiger partial charge in [-0.25, -0.2) is 0 Å². The Kier molecular flexibility index (Phi) is 6.60. The second-order valence-electron chi connectivity index (χ2n) is 5.21. The molecule has 108 valence electrons. The molecule has 0 heterocycles. The van der Waals surface area contributed by atoms with Crippen molar-refractivity contribution in [2.45, 2.75) is 38.5 Å². The maximum Gasteiger partial charge on any atom is 0.309 e. The second kappa shape index (κ2) is 7.97. The van der Waals surface area contributed by atoms with Crippen LogP contribution in [0.4, 0.5) is 0 Å². The van der Waals surface area contributed by atoms with E-state index in [9.17, 15) is 9.59 Å². The van der Waals surface area contributed by atoms with Crippen molar-refractivity contribution >= 4 is 11.9 Å². The number of hydrogen-bond donors (Lipinski definition) is 0. The zero-order valence-corrected chi connectivity index (χ0v) is 12.1. The molecule has 0 aromatic carbocycles. The third-order valence-corrected chi connectivity index (χ3v) is 3.87. The molecule has 0 aliphatic heterocycles. The quantitative estimate of drug-likeness (QED) is 0.404. The van der Waals surface area contributed by atoms with Crippen molar-refractivity contribution in [1.82, 2.24) is 4.90 Å². The van der Waals surface area contributed by atoms with Crippen LogP contribution in [0, 0.1) is 11.8 Å². The lowest BCUT2D eigenvalue weighted by atomic mass is 9.94. The summed E-state index contributed by atoms with van der Waals surface area (Å²) in [6.45, 7) is 4.43. The summed E-state index contributed by atoms with van der Waals surface area (Å²) in [4.78, 5) is 25.7. The molecule has 1 saturated carbocycles. The van der Waals surface area contributed by atoms with Gasteiger partial charge in [-0.3, -0.25) is 9.59 Å². The van der Waals surface area contributed by atoms with E-state index in [1.54, 1.807) is 4.90 Å². The Morgan fingerprint density at radius 1 is 1.32 bits per heavy atom. The van der Waals surface area contributed by atoms with Gasteiger partial charge in [0, 0.05) is 13.6 Å². The Morgan fingerprint density at radius 2 is 2.00 bits per heavy atom. The number of hydrogen-bond acceptors (Lipinski definition) is 3. The van der Waals surface area contributed by atoms with Crippen molar-refractivity contribution in [3.05, 3.63) is 12.7 Å². The van der Waals surface area contributed by atoms with Crippen LogP contribution >= 0.6 is 0 Å². The van der Waals surface area contributed by atoms with E-state index >= 15 is 0 Å². The molecule has 0 spiro atoms. The average Bonchev–Trinajstić information content (AvgIpc) is 2.90. The maximum atomic E-state index is 12.3. The summed E-state index contributed by atoms with van der Waals surface area (Å²) in [5.74, 6) is -0.576. The lowest BCUT2D eigenvalue weighted by molar-refractivity contribution is -0.151. The Bertz CT molecular complexity index is 327. The fourth-order valence-electron chi connectivity index (χ4n) is 2.72. The summed E-state index contributed by atoms with van der Waals surface area (Å²) in [5.41, 5.74) is 0. The predicted octanol–water partition coefficient (Wildman–Crippen LogP) is 2.39. The van der Waals surface area contributed by atoms with Gasteiger partial charge in [0.05, 0.1) is 18.9 Å². The predicted molar refractivity (Wildman–Crippen MR) is 74.5 cm³/mol. The molecule has 0 N–H and O–H groups in total. The van der Waals surface area contributed by atoms with E-state index in [2.05, 4.69) is 6.58 Å². The zero-order valence-electron chi connectivity index (χ0n) is 12.1. The third-order valence-electron chi connectivity index (χ3n) is 3.87. The summed E-state index contributed by atoms with van der Waals surface area (Å²) >= 11 is 0. The standard InChI is InChI=1S/C15H25NO3/c1-4-5-6-7-11-16(2)14(17)12-9-8-10-13(12)15(18)19-3/h4,12-13H,1,5-11H2,2-3H3. The second-order valence-corrected chi connectivity index (χ2v) is 5.21. The monoisotopic (exact) mass is 267 g/mol. The van der Waals surface area contributed by atoms with Crippen molar-refractivity contribution in [3.63, 3.8) is 0 Å². The molecule has 1 rings (SSSR count). The minimum atomic E-state index is -0.242. The number of allylic oxidation sites excluding steroid dienone is 1. The molecule has 1 aliphatic carbocycles. The van der Waals surface area contributed by atoms with E-state index in [0.29, 0.717) is 0 Å². The van der Waals surface area contributed by atoms with Crippen molar-refractivity contribution in [1.29, 1.82) is 0 Å². The summed E-state index contributed by atoms with van der Waals surface area (Å²) in [6.07, 6.45) is 7.40. The van der Waals surface area contributed by atoms with Crippen LogP contribution in [-0.4, -0.2) is 37.5 Å². The lowest BCUT2D eigenvalue weighted by Gasteiger charge is -2.24.